The summed E-state index contributed by atoms with van der Waals surface area (Å²) in [6.45, 7) is 1.01. The van der Waals surface area contributed by atoms with Crippen LogP contribution in [0.15, 0.2) is 27.8 Å². The molecule has 1 aromatic carbocycles. The number of rotatable bonds is 3. The summed E-state index contributed by atoms with van der Waals surface area (Å²) in [5.74, 6) is 1.64. The van der Waals surface area contributed by atoms with E-state index in [1.807, 2.05) is 6.07 Å². The summed E-state index contributed by atoms with van der Waals surface area (Å²) in [6.07, 6.45) is 4.68. The minimum Gasteiger partial charge on any atom is -0.306 e. The summed E-state index contributed by atoms with van der Waals surface area (Å²) < 4.78 is 16.1. The molecule has 3 nitrogen and oxygen atoms in total. The summed E-state index contributed by atoms with van der Waals surface area (Å²) >= 11 is 5.06. The highest BCUT2D eigenvalue weighted by Crippen LogP contribution is 2.28. The molecular formula is C14H15BrFN3S. The van der Waals surface area contributed by atoms with E-state index in [0.29, 0.717) is 0 Å². The molecule has 0 spiro atoms. The van der Waals surface area contributed by atoms with Crippen molar-refractivity contribution in [3.8, 4) is 0 Å². The number of hydrogen-bond donors (Lipinski definition) is 0. The first-order valence-corrected chi connectivity index (χ1v) is 8.51. The summed E-state index contributed by atoms with van der Waals surface area (Å²) in [7, 11) is 0. The van der Waals surface area contributed by atoms with E-state index in [9.17, 15) is 4.39 Å². The molecule has 0 saturated carbocycles. The van der Waals surface area contributed by atoms with Crippen LogP contribution < -0.4 is 0 Å². The zero-order valence-electron chi connectivity index (χ0n) is 11.0. The van der Waals surface area contributed by atoms with Crippen LogP contribution in [0.5, 0.6) is 0 Å². The van der Waals surface area contributed by atoms with E-state index >= 15 is 0 Å². The van der Waals surface area contributed by atoms with Gasteiger partial charge in [-0.3, -0.25) is 0 Å². The van der Waals surface area contributed by atoms with E-state index in [0.717, 1.165) is 39.7 Å². The van der Waals surface area contributed by atoms with Gasteiger partial charge in [0.2, 0.25) is 0 Å². The molecule has 1 aliphatic rings. The Kier molecular flexibility index (Phi) is 4.41. The average Bonchev–Trinajstić information content (AvgIpc) is 2.66. The minimum absolute atomic E-state index is 0.220. The van der Waals surface area contributed by atoms with Gasteiger partial charge in [0.05, 0.1) is 0 Å². The molecule has 0 aliphatic carbocycles. The molecule has 1 aliphatic heterocycles. The predicted molar refractivity (Wildman–Crippen MR) is 81.2 cm³/mol. The Morgan fingerprint density at radius 1 is 1.25 bits per heavy atom. The molecule has 2 aromatic rings. The van der Waals surface area contributed by atoms with Gasteiger partial charge in [-0.1, -0.05) is 40.2 Å². The lowest BCUT2D eigenvalue weighted by Gasteiger charge is -2.07. The largest absolute Gasteiger partial charge is 0.306 e. The zero-order valence-corrected chi connectivity index (χ0v) is 13.4. The molecule has 0 saturated heterocycles. The molecule has 6 heteroatoms. The zero-order chi connectivity index (χ0) is 13.9. The Labute approximate surface area is 130 Å². The number of fused-ring (bicyclic) bond motifs is 1. The maximum atomic E-state index is 13.1. The number of thioether (sulfide) groups is 1. The fourth-order valence-corrected chi connectivity index (χ4v) is 4.01. The van der Waals surface area contributed by atoms with Crippen LogP contribution in [-0.4, -0.2) is 14.8 Å². The SMILES string of the molecule is Fc1ccc(CSc2nnc3n2CCCCC3)c(Br)c1. The van der Waals surface area contributed by atoms with Crippen LogP contribution >= 0.6 is 27.7 Å². The van der Waals surface area contributed by atoms with Crippen molar-refractivity contribution in [3.05, 3.63) is 39.9 Å². The van der Waals surface area contributed by atoms with E-state index in [-0.39, 0.29) is 5.82 Å². The second kappa shape index (κ2) is 6.26. The highest BCUT2D eigenvalue weighted by molar-refractivity contribution is 9.10. The number of nitrogens with zero attached hydrogens (tertiary/aromatic N) is 3. The van der Waals surface area contributed by atoms with Crippen molar-refractivity contribution in [2.45, 2.75) is 43.1 Å². The van der Waals surface area contributed by atoms with Gasteiger partial charge in [0.1, 0.15) is 11.6 Å². The van der Waals surface area contributed by atoms with Crippen molar-refractivity contribution in [1.29, 1.82) is 0 Å². The van der Waals surface area contributed by atoms with Crippen molar-refractivity contribution < 1.29 is 4.39 Å². The predicted octanol–water partition coefficient (Wildman–Crippen LogP) is 4.20. The summed E-state index contributed by atoms with van der Waals surface area (Å²) in [5.41, 5.74) is 1.07. The van der Waals surface area contributed by atoms with Gasteiger partial charge in [0.25, 0.3) is 0 Å². The van der Waals surface area contributed by atoms with Crippen molar-refractivity contribution >= 4 is 27.7 Å². The third kappa shape index (κ3) is 3.06. The van der Waals surface area contributed by atoms with Gasteiger partial charge >= 0.3 is 0 Å². The Hall–Kier alpha value is -0.880. The molecule has 0 radical (unpaired) electrons. The van der Waals surface area contributed by atoms with Crippen LogP contribution in [0.25, 0.3) is 0 Å². The standard InChI is InChI=1S/C14H15BrFN3S/c15-12-8-11(16)6-5-10(12)9-20-14-18-17-13-4-2-1-3-7-19(13)14/h5-6,8H,1-4,7,9H2. The molecule has 0 fully saturated rings. The van der Waals surface area contributed by atoms with Crippen LogP contribution in [0.3, 0.4) is 0 Å². The van der Waals surface area contributed by atoms with Crippen molar-refractivity contribution in [2.24, 2.45) is 0 Å². The Morgan fingerprint density at radius 2 is 2.15 bits per heavy atom. The van der Waals surface area contributed by atoms with Crippen LogP contribution in [0.1, 0.15) is 30.7 Å². The van der Waals surface area contributed by atoms with Gasteiger partial charge in [-0.15, -0.1) is 10.2 Å². The van der Waals surface area contributed by atoms with Crippen molar-refractivity contribution in [1.82, 2.24) is 14.8 Å². The lowest BCUT2D eigenvalue weighted by atomic mass is 10.2. The van der Waals surface area contributed by atoms with Crippen LogP contribution in [0, 0.1) is 5.82 Å². The summed E-state index contributed by atoms with van der Waals surface area (Å²) in [6, 6.07) is 4.80. The third-order valence-electron chi connectivity index (χ3n) is 3.45. The molecule has 1 aromatic heterocycles. The molecular weight excluding hydrogens is 341 g/mol. The number of hydrogen-bond acceptors (Lipinski definition) is 3. The van der Waals surface area contributed by atoms with Crippen LogP contribution in [0.4, 0.5) is 4.39 Å². The lowest BCUT2D eigenvalue weighted by Crippen LogP contribution is -2.02. The lowest BCUT2D eigenvalue weighted by molar-refractivity contribution is 0.591. The minimum atomic E-state index is -0.220. The van der Waals surface area contributed by atoms with E-state index in [1.165, 1.54) is 31.4 Å². The first-order valence-electron chi connectivity index (χ1n) is 6.73. The molecule has 0 bridgehead atoms. The first kappa shape index (κ1) is 14.1. The van der Waals surface area contributed by atoms with Gasteiger partial charge in [0, 0.05) is 23.2 Å². The summed E-state index contributed by atoms with van der Waals surface area (Å²) in [4.78, 5) is 0. The number of halogens is 2. The maximum Gasteiger partial charge on any atom is 0.191 e. The Balaban J connectivity index is 1.74. The highest BCUT2D eigenvalue weighted by atomic mass is 79.9. The topological polar surface area (TPSA) is 30.7 Å². The van der Waals surface area contributed by atoms with Gasteiger partial charge in [0.15, 0.2) is 5.16 Å². The second-order valence-corrected chi connectivity index (χ2v) is 6.68. The van der Waals surface area contributed by atoms with Crippen LogP contribution in [0.2, 0.25) is 0 Å². The van der Waals surface area contributed by atoms with Gasteiger partial charge in [-0.05, 0) is 30.5 Å². The highest BCUT2D eigenvalue weighted by Gasteiger charge is 2.15. The third-order valence-corrected chi connectivity index (χ3v) is 5.20. The molecule has 0 atom stereocenters. The fourth-order valence-electron chi connectivity index (χ4n) is 2.35. The molecule has 106 valence electrons. The van der Waals surface area contributed by atoms with Gasteiger partial charge in [-0.2, -0.15) is 0 Å². The van der Waals surface area contributed by atoms with E-state index in [4.69, 9.17) is 0 Å². The van der Waals surface area contributed by atoms with E-state index in [2.05, 4.69) is 30.7 Å². The van der Waals surface area contributed by atoms with E-state index < -0.39 is 0 Å². The average molecular weight is 356 g/mol. The molecule has 20 heavy (non-hydrogen) atoms. The first-order chi connectivity index (χ1) is 9.74. The van der Waals surface area contributed by atoms with Crippen molar-refractivity contribution in [3.63, 3.8) is 0 Å². The second-order valence-electron chi connectivity index (χ2n) is 4.89. The Morgan fingerprint density at radius 3 is 3.00 bits per heavy atom. The van der Waals surface area contributed by atoms with Crippen LogP contribution in [-0.2, 0) is 18.7 Å². The molecule has 0 N–H and O–H groups in total. The van der Waals surface area contributed by atoms with E-state index in [1.54, 1.807) is 11.8 Å². The molecule has 2 heterocycles. The van der Waals surface area contributed by atoms with Gasteiger partial charge in [-0.25, -0.2) is 4.39 Å². The molecule has 3 rings (SSSR count). The maximum absolute atomic E-state index is 13.1. The van der Waals surface area contributed by atoms with Gasteiger partial charge < -0.3 is 4.57 Å². The normalized spacial score (nSPS) is 14.9. The quantitative estimate of drug-likeness (QED) is 0.773. The number of aryl methyl sites for hydroxylation is 1. The number of aromatic nitrogens is 3. The summed E-state index contributed by atoms with van der Waals surface area (Å²) in [5, 5.41) is 9.54. The Bertz CT molecular complexity index is 614. The smallest absolute Gasteiger partial charge is 0.191 e. The molecule has 0 amide bonds. The van der Waals surface area contributed by atoms with Crippen molar-refractivity contribution in [2.75, 3.05) is 0 Å². The fraction of sp³-hybridized carbons (Fsp3) is 0.429. The molecule has 0 unspecified atom stereocenters. The number of benzene rings is 1. The monoisotopic (exact) mass is 355 g/mol.